The predicted molar refractivity (Wildman–Crippen MR) is 88.7 cm³/mol. The second-order valence-electron chi connectivity index (χ2n) is 6.23. The molecule has 1 aromatic heterocycles. The van der Waals surface area contributed by atoms with E-state index in [1.165, 1.54) is 11.3 Å². The van der Waals surface area contributed by atoms with Crippen LogP contribution in [0, 0.1) is 6.92 Å². The van der Waals surface area contributed by atoms with Crippen LogP contribution in [0.5, 0.6) is 0 Å². The monoisotopic (exact) mass is 285 g/mol. The van der Waals surface area contributed by atoms with Crippen molar-refractivity contribution < 1.29 is 0 Å². The maximum atomic E-state index is 4.56. The molecular formula is C18H27N3. The van der Waals surface area contributed by atoms with E-state index in [0.717, 1.165) is 18.7 Å². The number of rotatable bonds is 6. The molecule has 1 aromatic carbocycles. The van der Waals surface area contributed by atoms with Crippen molar-refractivity contribution in [1.29, 1.82) is 0 Å². The highest BCUT2D eigenvalue weighted by molar-refractivity contribution is 5.27. The van der Waals surface area contributed by atoms with Gasteiger partial charge in [-0.1, -0.05) is 44.2 Å². The first-order chi connectivity index (χ1) is 9.98. The quantitative estimate of drug-likeness (QED) is 0.882. The Labute approximate surface area is 128 Å². The van der Waals surface area contributed by atoms with Gasteiger partial charge in [-0.15, -0.1) is 0 Å². The lowest BCUT2D eigenvalue weighted by Crippen LogP contribution is -2.45. The zero-order valence-electron chi connectivity index (χ0n) is 13.9. The number of aryl methyl sites for hydroxylation is 2. The molecule has 0 radical (unpaired) electrons. The fraction of sp³-hybridized carbons (Fsp3) is 0.500. The SMILES string of the molecule is CCn1nc(C)cc1CC(NC)C(C)(C)c1ccccc1. The Hall–Kier alpha value is -1.61. The number of benzene rings is 1. The Morgan fingerprint density at radius 1 is 1.24 bits per heavy atom. The van der Waals surface area contributed by atoms with E-state index >= 15 is 0 Å². The zero-order valence-corrected chi connectivity index (χ0v) is 13.9. The molecule has 3 nitrogen and oxygen atoms in total. The molecule has 0 fully saturated rings. The summed E-state index contributed by atoms with van der Waals surface area (Å²) in [6, 6.07) is 13.3. The third kappa shape index (κ3) is 3.35. The van der Waals surface area contributed by atoms with Crippen LogP contribution in [0.1, 0.15) is 37.7 Å². The van der Waals surface area contributed by atoms with Crippen molar-refractivity contribution in [3.05, 3.63) is 53.3 Å². The van der Waals surface area contributed by atoms with E-state index in [9.17, 15) is 0 Å². The van der Waals surface area contributed by atoms with Gasteiger partial charge in [0.1, 0.15) is 0 Å². The average Bonchev–Trinajstić information content (AvgIpc) is 2.85. The molecular weight excluding hydrogens is 258 g/mol. The van der Waals surface area contributed by atoms with Gasteiger partial charge in [-0.05, 0) is 32.5 Å². The molecule has 0 spiro atoms. The van der Waals surface area contributed by atoms with Crippen molar-refractivity contribution in [2.75, 3.05) is 7.05 Å². The standard InChI is InChI=1S/C18H27N3/c1-6-21-16(12-14(2)20-21)13-17(19-5)18(3,4)15-10-8-7-9-11-15/h7-12,17,19H,6,13H2,1-5H3. The van der Waals surface area contributed by atoms with Crippen molar-refractivity contribution >= 4 is 0 Å². The number of aromatic nitrogens is 2. The molecule has 21 heavy (non-hydrogen) atoms. The van der Waals surface area contributed by atoms with Crippen LogP contribution in [0.15, 0.2) is 36.4 Å². The zero-order chi connectivity index (χ0) is 15.5. The molecule has 3 heteroatoms. The Bertz CT molecular complexity index is 569. The summed E-state index contributed by atoms with van der Waals surface area (Å²) in [6.45, 7) is 9.75. The highest BCUT2D eigenvalue weighted by atomic mass is 15.3. The molecule has 114 valence electrons. The highest BCUT2D eigenvalue weighted by Gasteiger charge is 2.31. The highest BCUT2D eigenvalue weighted by Crippen LogP contribution is 2.29. The van der Waals surface area contributed by atoms with Crippen LogP contribution < -0.4 is 5.32 Å². The van der Waals surface area contributed by atoms with Gasteiger partial charge >= 0.3 is 0 Å². The molecule has 0 bridgehead atoms. The second-order valence-corrected chi connectivity index (χ2v) is 6.23. The van der Waals surface area contributed by atoms with Crippen molar-refractivity contribution in [2.45, 2.75) is 52.1 Å². The van der Waals surface area contributed by atoms with Crippen LogP contribution in [0.2, 0.25) is 0 Å². The molecule has 1 atom stereocenters. The summed E-state index contributed by atoms with van der Waals surface area (Å²) in [5.41, 5.74) is 3.83. The van der Waals surface area contributed by atoms with Crippen LogP contribution in [0.25, 0.3) is 0 Å². The van der Waals surface area contributed by atoms with Crippen LogP contribution in [-0.2, 0) is 18.4 Å². The van der Waals surface area contributed by atoms with Crippen molar-refractivity contribution in [2.24, 2.45) is 0 Å². The molecule has 2 aromatic rings. The number of hydrogen-bond donors (Lipinski definition) is 1. The van der Waals surface area contributed by atoms with Gasteiger partial charge in [0.05, 0.1) is 5.69 Å². The number of likely N-dealkylation sites (N-methyl/N-ethyl adjacent to an activating group) is 1. The fourth-order valence-corrected chi connectivity index (χ4v) is 3.03. The van der Waals surface area contributed by atoms with Gasteiger partial charge in [-0.2, -0.15) is 5.10 Å². The normalized spacial score (nSPS) is 13.4. The topological polar surface area (TPSA) is 29.9 Å². The van der Waals surface area contributed by atoms with Crippen molar-refractivity contribution in [1.82, 2.24) is 15.1 Å². The van der Waals surface area contributed by atoms with Gasteiger partial charge in [-0.3, -0.25) is 4.68 Å². The third-order valence-corrected chi connectivity index (χ3v) is 4.44. The first-order valence-electron chi connectivity index (χ1n) is 7.75. The number of hydrogen-bond acceptors (Lipinski definition) is 2. The van der Waals surface area contributed by atoms with Gasteiger partial charge in [0.25, 0.3) is 0 Å². The molecule has 0 aliphatic heterocycles. The van der Waals surface area contributed by atoms with Crippen LogP contribution in [0.3, 0.4) is 0 Å². The lowest BCUT2D eigenvalue weighted by Gasteiger charge is -2.35. The van der Waals surface area contributed by atoms with E-state index in [1.54, 1.807) is 0 Å². The average molecular weight is 285 g/mol. The smallest absolute Gasteiger partial charge is 0.0596 e. The van der Waals surface area contributed by atoms with Crippen molar-refractivity contribution in [3.8, 4) is 0 Å². The summed E-state index contributed by atoms with van der Waals surface area (Å²) in [5, 5.41) is 8.07. The Kier molecular flexibility index (Phi) is 4.84. The van der Waals surface area contributed by atoms with Crippen molar-refractivity contribution in [3.63, 3.8) is 0 Å². The minimum atomic E-state index is 0.0623. The molecule has 0 saturated heterocycles. The first kappa shape index (κ1) is 15.8. The van der Waals surface area contributed by atoms with E-state index in [-0.39, 0.29) is 5.41 Å². The molecule has 0 aliphatic rings. The fourth-order valence-electron chi connectivity index (χ4n) is 3.03. The third-order valence-electron chi connectivity index (χ3n) is 4.44. The van der Waals surface area contributed by atoms with Crippen LogP contribution >= 0.6 is 0 Å². The molecule has 1 heterocycles. The summed E-state index contributed by atoms with van der Waals surface area (Å²) < 4.78 is 2.11. The van der Waals surface area contributed by atoms with E-state index < -0.39 is 0 Å². The Morgan fingerprint density at radius 3 is 2.48 bits per heavy atom. The minimum Gasteiger partial charge on any atom is -0.316 e. The molecule has 0 amide bonds. The van der Waals surface area contributed by atoms with Crippen LogP contribution in [-0.4, -0.2) is 22.9 Å². The second kappa shape index (κ2) is 6.44. The summed E-state index contributed by atoms with van der Waals surface area (Å²) in [5.74, 6) is 0. The lowest BCUT2D eigenvalue weighted by atomic mass is 9.76. The van der Waals surface area contributed by atoms with E-state index in [0.29, 0.717) is 6.04 Å². The van der Waals surface area contributed by atoms with Gasteiger partial charge in [0.15, 0.2) is 0 Å². The molecule has 0 aliphatic carbocycles. The van der Waals surface area contributed by atoms with Gasteiger partial charge < -0.3 is 5.32 Å². The maximum Gasteiger partial charge on any atom is 0.0596 e. The number of nitrogens with one attached hydrogen (secondary N) is 1. The molecule has 1 N–H and O–H groups in total. The molecule has 2 rings (SSSR count). The van der Waals surface area contributed by atoms with Gasteiger partial charge in [-0.25, -0.2) is 0 Å². The summed E-state index contributed by atoms with van der Waals surface area (Å²) in [4.78, 5) is 0. The van der Waals surface area contributed by atoms with Gasteiger partial charge in [0, 0.05) is 30.1 Å². The number of nitrogens with zero attached hydrogens (tertiary/aromatic N) is 2. The summed E-state index contributed by atoms with van der Waals surface area (Å²) >= 11 is 0. The minimum absolute atomic E-state index is 0.0623. The largest absolute Gasteiger partial charge is 0.316 e. The van der Waals surface area contributed by atoms with Crippen LogP contribution in [0.4, 0.5) is 0 Å². The molecule has 0 saturated carbocycles. The van der Waals surface area contributed by atoms with Gasteiger partial charge in [0.2, 0.25) is 0 Å². The maximum absolute atomic E-state index is 4.56. The lowest BCUT2D eigenvalue weighted by molar-refractivity contribution is 0.349. The predicted octanol–water partition coefficient (Wildman–Crippen LogP) is 3.32. The Morgan fingerprint density at radius 2 is 1.90 bits per heavy atom. The Balaban J connectivity index is 2.27. The van der Waals surface area contributed by atoms with E-state index in [4.69, 9.17) is 0 Å². The summed E-state index contributed by atoms with van der Waals surface area (Å²) in [6.07, 6.45) is 0.979. The first-order valence-corrected chi connectivity index (χ1v) is 7.75. The molecule has 1 unspecified atom stereocenters. The van der Waals surface area contributed by atoms with E-state index in [1.807, 2.05) is 0 Å². The summed E-state index contributed by atoms with van der Waals surface area (Å²) in [7, 11) is 2.05. The van der Waals surface area contributed by atoms with E-state index in [2.05, 4.69) is 86.2 Å².